The highest BCUT2D eigenvalue weighted by molar-refractivity contribution is 14.0. The summed E-state index contributed by atoms with van der Waals surface area (Å²) in [4.78, 5) is 18.2. The van der Waals surface area contributed by atoms with Crippen molar-refractivity contribution in [1.29, 1.82) is 0 Å². The van der Waals surface area contributed by atoms with Crippen molar-refractivity contribution in [3.63, 3.8) is 0 Å². The molecule has 1 unspecified atom stereocenters. The maximum absolute atomic E-state index is 11.8. The molecular weight excluding hydrogens is 433 g/mol. The maximum atomic E-state index is 11.8. The number of guanidine groups is 1. The van der Waals surface area contributed by atoms with E-state index in [1.807, 2.05) is 24.8 Å². The van der Waals surface area contributed by atoms with Crippen LogP contribution in [0.5, 0.6) is 0 Å². The zero-order valence-corrected chi connectivity index (χ0v) is 17.9. The Hall–Kier alpha value is -1.32. The highest BCUT2D eigenvalue weighted by Gasteiger charge is 2.25. The van der Waals surface area contributed by atoms with Gasteiger partial charge in [0, 0.05) is 38.2 Å². The van der Waals surface area contributed by atoms with Crippen molar-refractivity contribution < 1.29 is 9.32 Å². The third kappa shape index (κ3) is 6.48. The van der Waals surface area contributed by atoms with Crippen molar-refractivity contribution >= 4 is 35.8 Å². The number of hydrogen-bond donors (Lipinski definition) is 2. The molecule has 142 valence electrons. The molecule has 1 fully saturated rings. The fraction of sp³-hybridized carbons (Fsp3) is 0.706. The Morgan fingerprint density at radius 1 is 1.48 bits per heavy atom. The summed E-state index contributed by atoms with van der Waals surface area (Å²) in [5.74, 6) is 2.06. The van der Waals surface area contributed by atoms with Crippen LogP contribution in [-0.4, -0.2) is 47.6 Å². The smallest absolute Gasteiger partial charge is 0.222 e. The number of carbonyl (C=O) groups is 1. The molecule has 0 saturated carbocycles. The SMILES string of the molecule is CCNC(=NCc1cc(C(C)C)no1)NC1CCN(C(=O)CC)C1.I. The van der Waals surface area contributed by atoms with Gasteiger partial charge in [-0.2, -0.15) is 0 Å². The number of nitrogens with zero attached hydrogens (tertiary/aromatic N) is 3. The highest BCUT2D eigenvalue weighted by atomic mass is 127. The number of nitrogens with one attached hydrogen (secondary N) is 2. The van der Waals surface area contributed by atoms with Crippen molar-refractivity contribution in [1.82, 2.24) is 20.7 Å². The normalized spacial score (nSPS) is 17.6. The van der Waals surface area contributed by atoms with Crippen LogP contribution in [0.15, 0.2) is 15.6 Å². The minimum atomic E-state index is 0. The maximum Gasteiger partial charge on any atom is 0.222 e. The topological polar surface area (TPSA) is 82.8 Å². The summed E-state index contributed by atoms with van der Waals surface area (Å²) in [6.07, 6.45) is 1.50. The van der Waals surface area contributed by atoms with Crippen LogP contribution in [0, 0.1) is 0 Å². The summed E-state index contributed by atoms with van der Waals surface area (Å²) in [5.41, 5.74) is 0.947. The van der Waals surface area contributed by atoms with Gasteiger partial charge in [0.25, 0.3) is 0 Å². The molecule has 2 rings (SSSR count). The Labute approximate surface area is 167 Å². The van der Waals surface area contributed by atoms with E-state index in [9.17, 15) is 4.79 Å². The molecule has 2 heterocycles. The molecule has 0 spiro atoms. The van der Waals surface area contributed by atoms with Crippen molar-refractivity contribution in [2.75, 3.05) is 19.6 Å². The molecule has 1 atom stereocenters. The number of carbonyl (C=O) groups excluding carboxylic acids is 1. The lowest BCUT2D eigenvalue weighted by molar-refractivity contribution is -0.129. The zero-order valence-electron chi connectivity index (χ0n) is 15.5. The van der Waals surface area contributed by atoms with E-state index in [4.69, 9.17) is 4.52 Å². The minimum absolute atomic E-state index is 0. The van der Waals surface area contributed by atoms with Crippen LogP contribution < -0.4 is 10.6 Å². The Morgan fingerprint density at radius 3 is 2.84 bits per heavy atom. The molecule has 0 bridgehead atoms. The van der Waals surface area contributed by atoms with E-state index in [0.717, 1.165) is 43.5 Å². The quantitative estimate of drug-likeness (QED) is 0.385. The molecule has 25 heavy (non-hydrogen) atoms. The number of halogens is 1. The Kier molecular flexibility index (Phi) is 9.23. The average molecular weight is 463 g/mol. The van der Waals surface area contributed by atoms with Gasteiger partial charge in [0.2, 0.25) is 5.91 Å². The largest absolute Gasteiger partial charge is 0.359 e. The molecule has 1 saturated heterocycles. The molecule has 0 radical (unpaired) electrons. The highest BCUT2D eigenvalue weighted by Crippen LogP contribution is 2.14. The Bertz CT molecular complexity index is 573. The fourth-order valence-electron chi connectivity index (χ4n) is 2.67. The third-order valence-electron chi connectivity index (χ3n) is 4.09. The second kappa shape index (κ2) is 10.6. The van der Waals surface area contributed by atoms with Crippen LogP contribution in [0.4, 0.5) is 0 Å². The Balaban J connectivity index is 0.00000312. The van der Waals surface area contributed by atoms with E-state index in [1.54, 1.807) is 0 Å². The van der Waals surface area contributed by atoms with E-state index in [2.05, 4.69) is 34.6 Å². The van der Waals surface area contributed by atoms with Crippen LogP contribution in [0.1, 0.15) is 57.9 Å². The molecular formula is C17H30IN5O2. The summed E-state index contributed by atoms with van der Waals surface area (Å²) >= 11 is 0. The van der Waals surface area contributed by atoms with Gasteiger partial charge in [0.15, 0.2) is 11.7 Å². The van der Waals surface area contributed by atoms with E-state index in [1.165, 1.54) is 0 Å². The van der Waals surface area contributed by atoms with Gasteiger partial charge in [0.1, 0.15) is 6.54 Å². The number of likely N-dealkylation sites (tertiary alicyclic amines) is 1. The van der Waals surface area contributed by atoms with Crippen molar-refractivity contribution in [3.05, 3.63) is 17.5 Å². The van der Waals surface area contributed by atoms with Crippen LogP contribution in [0.3, 0.4) is 0 Å². The van der Waals surface area contributed by atoms with Gasteiger partial charge in [-0.1, -0.05) is 25.9 Å². The lowest BCUT2D eigenvalue weighted by Crippen LogP contribution is -2.45. The van der Waals surface area contributed by atoms with Gasteiger partial charge in [-0.15, -0.1) is 24.0 Å². The molecule has 1 aliphatic heterocycles. The number of rotatable bonds is 6. The summed E-state index contributed by atoms with van der Waals surface area (Å²) < 4.78 is 5.32. The number of aromatic nitrogens is 1. The molecule has 1 aromatic heterocycles. The monoisotopic (exact) mass is 463 g/mol. The molecule has 1 amide bonds. The first-order valence-electron chi connectivity index (χ1n) is 8.81. The summed E-state index contributed by atoms with van der Waals surface area (Å²) in [5, 5.41) is 10.7. The number of hydrogen-bond acceptors (Lipinski definition) is 4. The fourth-order valence-corrected chi connectivity index (χ4v) is 2.67. The van der Waals surface area contributed by atoms with Gasteiger partial charge in [-0.05, 0) is 19.3 Å². The minimum Gasteiger partial charge on any atom is -0.359 e. The first kappa shape index (κ1) is 21.7. The summed E-state index contributed by atoms with van der Waals surface area (Å²) in [6, 6.07) is 2.19. The van der Waals surface area contributed by atoms with Crippen molar-refractivity contribution in [2.45, 2.75) is 59.0 Å². The lowest BCUT2D eigenvalue weighted by atomic mass is 10.1. The van der Waals surface area contributed by atoms with Gasteiger partial charge in [-0.25, -0.2) is 4.99 Å². The van der Waals surface area contributed by atoms with Crippen molar-refractivity contribution in [3.8, 4) is 0 Å². The summed E-state index contributed by atoms with van der Waals surface area (Å²) in [6.45, 7) is 10.9. The van der Waals surface area contributed by atoms with Gasteiger partial charge >= 0.3 is 0 Å². The van der Waals surface area contributed by atoms with E-state index >= 15 is 0 Å². The second-order valence-corrected chi connectivity index (χ2v) is 6.39. The predicted molar refractivity (Wildman–Crippen MR) is 109 cm³/mol. The molecule has 0 aromatic carbocycles. The van der Waals surface area contributed by atoms with Gasteiger partial charge < -0.3 is 20.1 Å². The third-order valence-corrected chi connectivity index (χ3v) is 4.09. The first-order valence-corrected chi connectivity index (χ1v) is 8.81. The predicted octanol–water partition coefficient (Wildman–Crippen LogP) is 2.48. The van der Waals surface area contributed by atoms with E-state index in [0.29, 0.717) is 18.9 Å². The molecule has 2 N–H and O–H groups in total. The molecule has 7 nitrogen and oxygen atoms in total. The zero-order chi connectivity index (χ0) is 17.5. The van der Waals surface area contributed by atoms with Crippen LogP contribution in [-0.2, 0) is 11.3 Å². The van der Waals surface area contributed by atoms with Crippen molar-refractivity contribution in [2.24, 2.45) is 4.99 Å². The van der Waals surface area contributed by atoms with Crippen LogP contribution in [0.25, 0.3) is 0 Å². The summed E-state index contributed by atoms with van der Waals surface area (Å²) in [7, 11) is 0. The van der Waals surface area contributed by atoms with E-state index in [-0.39, 0.29) is 35.9 Å². The molecule has 1 aliphatic rings. The van der Waals surface area contributed by atoms with Gasteiger partial charge in [0.05, 0.1) is 5.69 Å². The van der Waals surface area contributed by atoms with Crippen LogP contribution in [0.2, 0.25) is 0 Å². The molecule has 0 aliphatic carbocycles. The average Bonchev–Trinajstić information content (AvgIpc) is 3.21. The first-order chi connectivity index (χ1) is 11.5. The Morgan fingerprint density at radius 2 is 2.24 bits per heavy atom. The number of amides is 1. The van der Waals surface area contributed by atoms with E-state index < -0.39 is 0 Å². The van der Waals surface area contributed by atoms with Gasteiger partial charge in [-0.3, -0.25) is 4.79 Å². The lowest BCUT2D eigenvalue weighted by Gasteiger charge is -2.18. The standard InChI is InChI=1S/C17H29N5O2.HI/c1-5-16(23)22-8-7-13(11-22)20-17(18-6-2)19-10-14-9-15(12(3)4)21-24-14;/h9,12-13H,5-8,10-11H2,1-4H3,(H2,18,19,20);1H. The second-order valence-electron chi connectivity index (χ2n) is 6.39. The molecule has 1 aromatic rings. The number of aliphatic imine (C=N–C) groups is 1. The van der Waals surface area contributed by atoms with Crippen LogP contribution >= 0.6 is 24.0 Å². The molecule has 8 heteroatoms.